The minimum Gasteiger partial charge on any atom is -0.481 e. The molecule has 2 unspecified atom stereocenters. The van der Waals surface area contributed by atoms with Gasteiger partial charge in [-0.1, -0.05) is 6.92 Å². The third-order valence-electron chi connectivity index (χ3n) is 2.70. The normalized spacial score (nSPS) is 23.6. The van der Waals surface area contributed by atoms with Crippen molar-refractivity contribution in [2.45, 2.75) is 18.6 Å². The van der Waals surface area contributed by atoms with Crippen molar-refractivity contribution < 1.29 is 23.1 Å². The number of rotatable bonds is 5. The molecule has 0 saturated carbocycles. The summed E-state index contributed by atoms with van der Waals surface area (Å²) in [6.07, 6.45) is 0.480. The smallest absolute Gasteiger partial charge is 0.307 e. The zero-order valence-corrected chi connectivity index (χ0v) is 10.2. The molecule has 1 aliphatic rings. The van der Waals surface area contributed by atoms with Gasteiger partial charge >= 0.3 is 5.97 Å². The number of ether oxygens (including phenoxy) is 1. The van der Waals surface area contributed by atoms with Crippen LogP contribution in [-0.2, 0) is 19.6 Å². The van der Waals surface area contributed by atoms with Crippen molar-refractivity contribution in [2.24, 2.45) is 5.92 Å². The quantitative estimate of drug-likeness (QED) is 0.729. The van der Waals surface area contributed by atoms with Gasteiger partial charge in [-0.3, -0.25) is 4.79 Å². The molecule has 0 aromatic rings. The first-order chi connectivity index (χ1) is 7.35. The molecule has 16 heavy (non-hydrogen) atoms. The third kappa shape index (κ3) is 2.93. The molecule has 0 aliphatic carbocycles. The number of carbonyl (C=O) groups is 1. The van der Waals surface area contributed by atoms with E-state index in [1.54, 1.807) is 0 Å². The molecule has 6 nitrogen and oxygen atoms in total. The molecular formula is C9H17NO5S. The van der Waals surface area contributed by atoms with Crippen LogP contribution in [0.25, 0.3) is 0 Å². The molecule has 1 rings (SSSR count). The van der Waals surface area contributed by atoms with Crippen LogP contribution >= 0.6 is 0 Å². The maximum atomic E-state index is 11.9. The maximum Gasteiger partial charge on any atom is 0.307 e. The van der Waals surface area contributed by atoms with Gasteiger partial charge in [0.15, 0.2) is 0 Å². The number of carboxylic acid groups (broad SMARTS) is 1. The van der Waals surface area contributed by atoms with E-state index in [1.807, 2.05) is 0 Å². The highest BCUT2D eigenvalue weighted by atomic mass is 32.2. The van der Waals surface area contributed by atoms with Gasteiger partial charge in [0, 0.05) is 20.2 Å². The van der Waals surface area contributed by atoms with Crippen molar-refractivity contribution in [1.82, 2.24) is 4.31 Å². The molecule has 0 aromatic carbocycles. The Morgan fingerprint density at radius 2 is 2.25 bits per heavy atom. The van der Waals surface area contributed by atoms with E-state index in [0.717, 1.165) is 4.31 Å². The predicted molar refractivity (Wildman–Crippen MR) is 57.6 cm³/mol. The van der Waals surface area contributed by atoms with Crippen molar-refractivity contribution in [2.75, 3.05) is 26.8 Å². The fourth-order valence-electron chi connectivity index (χ4n) is 1.57. The Bertz CT molecular complexity index is 347. The minimum atomic E-state index is -3.42. The Balaban J connectivity index is 2.64. The van der Waals surface area contributed by atoms with Crippen molar-refractivity contribution in [3.05, 3.63) is 0 Å². The van der Waals surface area contributed by atoms with E-state index >= 15 is 0 Å². The molecule has 1 saturated heterocycles. The lowest BCUT2D eigenvalue weighted by Gasteiger charge is -2.22. The molecule has 0 amide bonds. The average molecular weight is 251 g/mol. The summed E-state index contributed by atoms with van der Waals surface area (Å²) in [5.74, 6) is -1.70. The number of sulfonamides is 1. The average Bonchev–Trinajstić information content (AvgIpc) is 2.70. The van der Waals surface area contributed by atoms with Gasteiger partial charge in [0.2, 0.25) is 10.0 Å². The molecule has 94 valence electrons. The van der Waals surface area contributed by atoms with Crippen molar-refractivity contribution in [3.8, 4) is 0 Å². The summed E-state index contributed by atoms with van der Waals surface area (Å²) in [7, 11) is -2.01. The van der Waals surface area contributed by atoms with E-state index in [2.05, 4.69) is 0 Å². The van der Waals surface area contributed by atoms with E-state index in [4.69, 9.17) is 9.84 Å². The fourth-order valence-corrected chi connectivity index (χ4v) is 3.17. The van der Waals surface area contributed by atoms with Crippen LogP contribution in [0, 0.1) is 5.92 Å². The number of aliphatic carboxylic acids is 1. The lowest BCUT2D eigenvalue weighted by atomic mass is 10.2. The molecule has 0 spiro atoms. The molecule has 1 aliphatic heterocycles. The van der Waals surface area contributed by atoms with Crippen LogP contribution in [0.3, 0.4) is 0 Å². The lowest BCUT2D eigenvalue weighted by Crippen LogP contribution is -2.40. The number of nitrogens with zero attached hydrogens (tertiary/aromatic N) is 1. The summed E-state index contributed by atoms with van der Waals surface area (Å²) >= 11 is 0. The molecule has 0 radical (unpaired) electrons. The first-order valence-corrected chi connectivity index (χ1v) is 6.61. The van der Waals surface area contributed by atoms with E-state index in [-0.39, 0.29) is 13.2 Å². The lowest BCUT2D eigenvalue weighted by molar-refractivity contribution is -0.141. The second-order valence-electron chi connectivity index (χ2n) is 4.05. The first-order valence-electron chi connectivity index (χ1n) is 5.11. The van der Waals surface area contributed by atoms with Crippen LogP contribution in [0.4, 0.5) is 0 Å². The van der Waals surface area contributed by atoms with Gasteiger partial charge in [-0.25, -0.2) is 12.7 Å². The summed E-state index contributed by atoms with van der Waals surface area (Å²) in [6, 6.07) is 0. The van der Waals surface area contributed by atoms with Gasteiger partial charge in [0.1, 0.15) is 5.25 Å². The van der Waals surface area contributed by atoms with E-state index in [9.17, 15) is 13.2 Å². The first kappa shape index (κ1) is 13.4. The van der Waals surface area contributed by atoms with Crippen LogP contribution in [-0.4, -0.2) is 55.9 Å². The Hall–Kier alpha value is -0.660. The minimum absolute atomic E-state index is 0.00579. The standard InChI is InChI=1S/C9H17NO5S/c1-7(9(11)12)5-10(2)16(13,14)8-3-4-15-6-8/h7-8H,3-6H2,1-2H3,(H,11,12). The molecule has 1 N–H and O–H groups in total. The molecule has 2 atom stereocenters. The monoisotopic (exact) mass is 251 g/mol. The third-order valence-corrected chi connectivity index (χ3v) is 4.93. The zero-order valence-electron chi connectivity index (χ0n) is 9.42. The van der Waals surface area contributed by atoms with E-state index in [0.29, 0.717) is 13.0 Å². The van der Waals surface area contributed by atoms with E-state index in [1.165, 1.54) is 14.0 Å². The van der Waals surface area contributed by atoms with Crippen LogP contribution in [0.2, 0.25) is 0 Å². The maximum absolute atomic E-state index is 11.9. The summed E-state index contributed by atoms with van der Waals surface area (Å²) < 4.78 is 30.0. The summed E-state index contributed by atoms with van der Waals surface area (Å²) in [4.78, 5) is 10.6. The zero-order chi connectivity index (χ0) is 12.3. The van der Waals surface area contributed by atoms with Crippen LogP contribution in [0.15, 0.2) is 0 Å². The molecule has 0 bridgehead atoms. The molecular weight excluding hydrogens is 234 g/mol. The van der Waals surface area contributed by atoms with Gasteiger partial charge in [-0.2, -0.15) is 0 Å². The van der Waals surface area contributed by atoms with Crippen LogP contribution < -0.4 is 0 Å². The SMILES string of the molecule is CC(CN(C)S(=O)(=O)C1CCOC1)C(=O)O. The highest BCUT2D eigenvalue weighted by molar-refractivity contribution is 7.89. The van der Waals surface area contributed by atoms with Crippen LogP contribution in [0.1, 0.15) is 13.3 Å². The van der Waals surface area contributed by atoms with Crippen LogP contribution in [0.5, 0.6) is 0 Å². The number of carboxylic acids is 1. The van der Waals surface area contributed by atoms with Crippen molar-refractivity contribution in [1.29, 1.82) is 0 Å². The topological polar surface area (TPSA) is 83.9 Å². The Kier molecular flexibility index (Phi) is 4.28. The Labute approximate surface area is 95.2 Å². The highest BCUT2D eigenvalue weighted by Gasteiger charge is 2.34. The Morgan fingerprint density at radius 3 is 2.69 bits per heavy atom. The van der Waals surface area contributed by atoms with Gasteiger partial charge in [-0.15, -0.1) is 0 Å². The number of hydrogen-bond donors (Lipinski definition) is 1. The van der Waals surface area contributed by atoms with Gasteiger partial charge in [0.25, 0.3) is 0 Å². The second-order valence-corrected chi connectivity index (χ2v) is 6.37. The summed E-state index contributed by atoms with van der Waals surface area (Å²) in [6.45, 7) is 2.13. The molecule has 0 aromatic heterocycles. The van der Waals surface area contributed by atoms with E-state index < -0.39 is 27.2 Å². The molecule has 1 heterocycles. The van der Waals surface area contributed by atoms with Gasteiger partial charge in [0.05, 0.1) is 12.5 Å². The van der Waals surface area contributed by atoms with Gasteiger partial charge in [-0.05, 0) is 6.42 Å². The molecule has 7 heteroatoms. The highest BCUT2D eigenvalue weighted by Crippen LogP contribution is 2.17. The summed E-state index contributed by atoms with van der Waals surface area (Å²) in [5.41, 5.74) is 0. The second kappa shape index (κ2) is 5.11. The fraction of sp³-hybridized carbons (Fsp3) is 0.889. The predicted octanol–water partition coefficient (Wildman–Crippen LogP) is -0.242. The van der Waals surface area contributed by atoms with Gasteiger partial charge < -0.3 is 9.84 Å². The van der Waals surface area contributed by atoms with Crippen molar-refractivity contribution in [3.63, 3.8) is 0 Å². The Morgan fingerprint density at radius 1 is 1.62 bits per heavy atom. The largest absolute Gasteiger partial charge is 0.481 e. The van der Waals surface area contributed by atoms with Crippen molar-refractivity contribution >= 4 is 16.0 Å². The molecule has 1 fully saturated rings. The number of hydrogen-bond acceptors (Lipinski definition) is 4. The summed E-state index contributed by atoms with van der Waals surface area (Å²) in [5, 5.41) is 8.19.